The summed E-state index contributed by atoms with van der Waals surface area (Å²) >= 11 is 0. The third-order valence-electron chi connectivity index (χ3n) is 3.41. The van der Waals surface area contributed by atoms with Gasteiger partial charge in [0.2, 0.25) is 0 Å². The third kappa shape index (κ3) is 1.80. The zero-order valence-corrected chi connectivity index (χ0v) is 9.75. The Morgan fingerprint density at radius 1 is 1.33 bits per heavy atom. The monoisotopic (exact) mass is 204 g/mol. The number of nitrogens with one attached hydrogen (secondary N) is 1. The minimum atomic E-state index is 0.201. The predicted molar refractivity (Wildman–Crippen MR) is 63.5 cm³/mol. The molecule has 1 aromatic rings. The van der Waals surface area contributed by atoms with Crippen molar-refractivity contribution in [2.75, 3.05) is 0 Å². The maximum atomic E-state index is 5.68. The van der Waals surface area contributed by atoms with Crippen LogP contribution in [0.5, 0.6) is 0 Å². The molecule has 0 bridgehead atoms. The van der Waals surface area contributed by atoms with Gasteiger partial charge in [0.25, 0.3) is 0 Å². The molecule has 0 radical (unpaired) electrons. The van der Waals surface area contributed by atoms with Crippen LogP contribution < -0.4 is 11.3 Å². The second kappa shape index (κ2) is 3.62. The van der Waals surface area contributed by atoms with E-state index in [0.29, 0.717) is 12.0 Å². The molecule has 2 atom stereocenters. The van der Waals surface area contributed by atoms with Crippen LogP contribution in [0.3, 0.4) is 0 Å². The Labute approximate surface area is 91.8 Å². The summed E-state index contributed by atoms with van der Waals surface area (Å²) in [5.41, 5.74) is 6.13. The first kappa shape index (κ1) is 10.7. The van der Waals surface area contributed by atoms with Crippen LogP contribution in [-0.2, 0) is 6.42 Å². The molecule has 2 unspecified atom stereocenters. The smallest absolute Gasteiger partial charge is 0.0330 e. The van der Waals surface area contributed by atoms with Crippen molar-refractivity contribution in [1.82, 2.24) is 5.43 Å². The number of hydrogen-bond donors (Lipinski definition) is 2. The van der Waals surface area contributed by atoms with Crippen molar-refractivity contribution in [3.05, 3.63) is 35.4 Å². The highest BCUT2D eigenvalue weighted by Gasteiger charge is 2.38. The summed E-state index contributed by atoms with van der Waals surface area (Å²) in [4.78, 5) is 0. The van der Waals surface area contributed by atoms with Gasteiger partial charge in [0.1, 0.15) is 0 Å². The summed E-state index contributed by atoms with van der Waals surface area (Å²) in [7, 11) is 0. The number of fused-ring (bicyclic) bond motifs is 1. The lowest BCUT2D eigenvalue weighted by atomic mass is 9.67. The normalized spacial score (nSPS) is 21.7. The van der Waals surface area contributed by atoms with E-state index in [-0.39, 0.29) is 5.41 Å². The van der Waals surface area contributed by atoms with Gasteiger partial charge in [0.05, 0.1) is 0 Å². The van der Waals surface area contributed by atoms with Crippen LogP contribution in [-0.4, -0.2) is 6.04 Å². The van der Waals surface area contributed by atoms with Gasteiger partial charge < -0.3 is 0 Å². The number of rotatable bonds is 2. The molecule has 0 amide bonds. The zero-order chi connectivity index (χ0) is 11.1. The van der Waals surface area contributed by atoms with Gasteiger partial charge in [0.15, 0.2) is 0 Å². The molecule has 0 fully saturated rings. The Hall–Kier alpha value is -0.860. The highest BCUT2D eigenvalue weighted by Crippen LogP contribution is 2.42. The van der Waals surface area contributed by atoms with Gasteiger partial charge in [-0.05, 0) is 23.0 Å². The molecule has 82 valence electrons. The summed E-state index contributed by atoms with van der Waals surface area (Å²) in [5.74, 6) is 6.25. The van der Waals surface area contributed by atoms with Crippen LogP contribution in [0.1, 0.15) is 37.8 Å². The van der Waals surface area contributed by atoms with Gasteiger partial charge in [-0.25, -0.2) is 0 Å². The average Bonchev–Trinajstić information content (AvgIpc) is 2.12. The van der Waals surface area contributed by atoms with Crippen molar-refractivity contribution < 1.29 is 0 Å². The molecule has 2 heteroatoms. The van der Waals surface area contributed by atoms with E-state index in [1.807, 2.05) is 0 Å². The lowest BCUT2D eigenvalue weighted by molar-refractivity contribution is 0.220. The second-order valence-electron chi connectivity index (χ2n) is 5.52. The molecule has 1 aliphatic rings. The highest BCUT2D eigenvalue weighted by atomic mass is 15.2. The Morgan fingerprint density at radius 3 is 2.53 bits per heavy atom. The fourth-order valence-electron chi connectivity index (χ4n) is 2.56. The van der Waals surface area contributed by atoms with E-state index in [0.717, 1.165) is 6.42 Å². The molecule has 2 rings (SSSR count). The molecule has 3 N–H and O–H groups in total. The van der Waals surface area contributed by atoms with Gasteiger partial charge >= 0.3 is 0 Å². The third-order valence-corrected chi connectivity index (χ3v) is 3.41. The Morgan fingerprint density at radius 2 is 2.00 bits per heavy atom. The van der Waals surface area contributed by atoms with Crippen LogP contribution in [0.2, 0.25) is 0 Å². The van der Waals surface area contributed by atoms with Crippen LogP contribution in [0, 0.1) is 5.41 Å². The molecule has 15 heavy (non-hydrogen) atoms. The van der Waals surface area contributed by atoms with Gasteiger partial charge in [0, 0.05) is 12.0 Å². The van der Waals surface area contributed by atoms with E-state index in [1.165, 1.54) is 11.1 Å². The van der Waals surface area contributed by atoms with Crippen molar-refractivity contribution in [3.63, 3.8) is 0 Å². The summed E-state index contributed by atoms with van der Waals surface area (Å²) in [5, 5.41) is 0. The zero-order valence-electron chi connectivity index (χ0n) is 9.75. The van der Waals surface area contributed by atoms with E-state index >= 15 is 0 Å². The number of hydrazine groups is 1. The Balaban J connectivity index is 2.22. The van der Waals surface area contributed by atoms with Crippen molar-refractivity contribution in [2.24, 2.45) is 11.3 Å². The summed E-state index contributed by atoms with van der Waals surface area (Å²) in [6.07, 6.45) is 1.16. The molecule has 2 nitrogen and oxygen atoms in total. The standard InChI is InChI=1S/C13H20N2/c1-13(2,3)12(15-14)11-8-9-6-4-5-7-10(9)11/h4-7,11-12,15H,8,14H2,1-3H3. The van der Waals surface area contributed by atoms with Crippen molar-refractivity contribution in [1.29, 1.82) is 0 Å². The SMILES string of the molecule is CC(C)(C)C(NN)C1Cc2ccccc21. The molecule has 1 aliphatic carbocycles. The minimum absolute atomic E-state index is 0.201. The maximum absolute atomic E-state index is 5.68. The number of benzene rings is 1. The van der Waals surface area contributed by atoms with E-state index in [2.05, 4.69) is 50.5 Å². The summed E-state index contributed by atoms with van der Waals surface area (Å²) in [6.45, 7) is 6.70. The Kier molecular flexibility index (Phi) is 2.57. The molecule has 0 saturated heterocycles. The topological polar surface area (TPSA) is 38.0 Å². The predicted octanol–water partition coefficient (Wildman–Crippen LogP) is 2.20. The average molecular weight is 204 g/mol. The highest BCUT2D eigenvalue weighted by molar-refractivity contribution is 5.41. The first-order valence-electron chi connectivity index (χ1n) is 5.58. The minimum Gasteiger partial charge on any atom is -0.271 e. The summed E-state index contributed by atoms with van der Waals surface area (Å²) in [6, 6.07) is 9.01. The first-order valence-corrected chi connectivity index (χ1v) is 5.58. The fraction of sp³-hybridized carbons (Fsp3) is 0.538. The van der Waals surface area contributed by atoms with Crippen LogP contribution in [0.4, 0.5) is 0 Å². The van der Waals surface area contributed by atoms with Crippen LogP contribution >= 0.6 is 0 Å². The Bertz CT molecular complexity index is 352. The van der Waals surface area contributed by atoms with E-state index in [9.17, 15) is 0 Å². The van der Waals surface area contributed by atoms with Gasteiger partial charge in [-0.1, -0.05) is 45.0 Å². The first-order chi connectivity index (χ1) is 7.04. The molecular weight excluding hydrogens is 184 g/mol. The summed E-state index contributed by atoms with van der Waals surface area (Å²) < 4.78 is 0. The van der Waals surface area contributed by atoms with Crippen LogP contribution in [0.25, 0.3) is 0 Å². The van der Waals surface area contributed by atoms with Crippen molar-refractivity contribution in [2.45, 2.75) is 39.2 Å². The van der Waals surface area contributed by atoms with Gasteiger partial charge in [-0.2, -0.15) is 0 Å². The van der Waals surface area contributed by atoms with Crippen molar-refractivity contribution in [3.8, 4) is 0 Å². The molecule has 0 saturated carbocycles. The number of nitrogens with two attached hydrogens (primary N) is 1. The van der Waals surface area contributed by atoms with E-state index < -0.39 is 0 Å². The molecular formula is C13H20N2. The molecule has 0 aromatic heterocycles. The fourth-order valence-corrected chi connectivity index (χ4v) is 2.56. The van der Waals surface area contributed by atoms with E-state index in [1.54, 1.807) is 0 Å². The quantitative estimate of drug-likeness (QED) is 0.572. The molecule has 0 aliphatic heterocycles. The molecule has 1 aromatic carbocycles. The lowest BCUT2D eigenvalue weighted by Crippen LogP contribution is -2.51. The van der Waals surface area contributed by atoms with Gasteiger partial charge in [-0.3, -0.25) is 11.3 Å². The molecule has 0 heterocycles. The van der Waals surface area contributed by atoms with Crippen molar-refractivity contribution >= 4 is 0 Å². The van der Waals surface area contributed by atoms with Crippen LogP contribution in [0.15, 0.2) is 24.3 Å². The van der Waals surface area contributed by atoms with Gasteiger partial charge in [-0.15, -0.1) is 0 Å². The number of hydrogen-bond acceptors (Lipinski definition) is 2. The largest absolute Gasteiger partial charge is 0.271 e. The maximum Gasteiger partial charge on any atom is 0.0330 e. The molecule has 0 spiro atoms. The second-order valence-corrected chi connectivity index (χ2v) is 5.52. The van der Waals surface area contributed by atoms with E-state index in [4.69, 9.17) is 5.84 Å². The lowest BCUT2D eigenvalue weighted by Gasteiger charge is -2.42.